The van der Waals surface area contributed by atoms with Crippen molar-refractivity contribution >= 4 is 27.6 Å². The van der Waals surface area contributed by atoms with Gasteiger partial charge in [-0.2, -0.15) is 10.2 Å². The number of H-pyrrole nitrogens is 1. The Morgan fingerprint density at radius 1 is 1.10 bits per heavy atom. The number of aryl methyl sites for hydroxylation is 1. The summed E-state index contributed by atoms with van der Waals surface area (Å²) >= 11 is 0. The Hall–Kier alpha value is -3.94. The molecule has 5 aromatic rings. The van der Waals surface area contributed by atoms with Crippen LogP contribution in [0, 0.1) is 5.82 Å². The molecule has 2 aromatic carbocycles. The molecule has 3 aromatic heterocycles. The number of anilines is 1. The van der Waals surface area contributed by atoms with E-state index >= 15 is 0 Å². The normalized spacial score (nSPS) is 11.4. The number of nitrogens with zero attached hydrogens (tertiary/aromatic N) is 4. The van der Waals surface area contributed by atoms with Crippen LogP contribution in [0.25, 0.3) is 33.1 Å². The van der Waals surface area contributed by atoms with E-state index in [0.29, 0.717) is 30.9 Å². The Morgan fingerprint density at radius 3 is 2.83 bits per heavy atom. The van der Waals surface area contributed by atoms with E-state index in [9.17, 15) is 4.39 Å². The van der Waals surface area contributed by atoms with Crippen molar-refractivity contribution < 1.29 is 9.13 Å². The average molecular weight is 402 g/mol. The van der Waals surface area contributed by atoms with Crippen molar-refractivity contribution in [1.82, 2.24) is 25.0 Å². The highest BCUT2D eigenvalue weighted by Gasteiger charge is 2.12. The summed E-state index contributed by atoms with van der Waals surface area (Å²) in [6.45, 7) is 1.01. The van der Waals surface area contributed by atoms with Gasteiger partial charge < -0.3 is 10.5 Å². The van der Waals surface area contributed by atoms with Crippen molar-refractivity contribution in [3.8, 4) is 17.0 Å². The molecule has 0 saturated heterocycles. The first-order valence-electron chi connectivity index (χ1n) is 9.62. The maximum Gasteiger partial charge on any atom is 0.165 e. The lowest BCUT2D eigenvalue weighted by molar-refractivity contribution is 0.285. The zero-order chi connectivity index (χ0) is 20.5. The monoisotopic (exact) mass is 402 g/mol. The molecule has 150 valence electrons. The van der Waals surface area contributed by atoms with E-state index in [-0.39, 0.29) is 11.6 Å². The Labute approximate surface area is 171 Å². The Morgan fingerprint density at radius 2 is 2.00 bits per heavy atom. The number of pyridine rings is 1. The summed E-state index contributed by atoms with van der Waals surface area (Å²) in [5.74, 6) is 0.290. The van der Waals surface area contributed by atoms with Gasteiger partial charge in [0.05, 0.1) is 17.8 Å². The van der Waals surface area contributed by atoms with E-state index in [0.717, 1.165) is 27.5 Å². The van der Waals surface area contributed by atoms with Crippen LogP contribution in [0.2, 0.25) is 0 Å². The molecule has 3 N–H and O–H groups in total. The summed E-state index contributed by atoms with van der Waals surface area (Å²) in [6.07, 6.45) is 4.36. The van der Waals surface area contributed by atoms with E-state index in [4.69, 9.17) is 10.5 Å². The molecule has 0 amide bonds. The van der Waals surface area contributed by atoms with Crippen LogP contribution in [-0.4, -0.2) is 31.6 Å². The highest BCUT2D eigenvalue weighted by molar-refractivity contribution is 6.08. The number of aromatic nitrogens is 5. The number of hydrogen-bond acceptors (Lipinski definition) is 5. The molecular formula is C22H19FN6O. The lowest BCUT2D eigenvalue weighted by Gasteiger charge is -2.06. The Bertz CT molecular complexity index is 1330. The van der Waals surface area contributed by atoms with Crippen LogP contribution in [0.5, 0.6) is 5.75 Å². The summed E-state index contributed by atoms with van der Waals surface area (Å²) in [4.78, 5) is 4.53. The van der Waals surface area contributed by atoms with Gasteiger partial charge in [0.1, 0.15) is 5.52 Å². The fraction of sp³-hybridized carbons (Fsp3) is 0.136. The Kier molecular flexibility index (Phi) is 4.51. The molecule has 0 aliphatic heterocycles. The van der Waals surface area contributed by atoms with Crippen LogP contribution in [0.3, 0.4) is 0 Å². The molecule has 0 unspecified atom stereocenters. The van der Waals surface area contributed by atoms with Crippen molar-refractivity contribution in [2.24, 2.45) is 0 Å². The zero-order valence-corrected chi connectivity index (χ0v) is 16.0. The summed E-state index contributed by atoms with van der Waals surface area (Å²) < 4.78 is 21.0. The van der Waals surface area contributed by atoms with E-state index in [1.54, 1.807) is 24.4 Å². The summed E-state index contributed by atoms with van der Waals surface area (Å²) in [7, 11) is 0. The molecule has 0 bridgehead atoms. The fourth-order valence-corrected chi connectivity index (χ4v) is 3.51. The molecule has 0 spiro atoms. The molecule has 0 aliphatic rings. The number of benzene rings is 2. The van der Waals surface area contributed by atoms with E-state index < -0.39 is 0 Å². The molecule has 0 fully saturated rings. The summed E-state index contributed by atoms with van der Waals surface area (Å²) in [5.41, 5.74) is 9.56. The van der Waals surface area contributed by atoms with Crippen LogP contribution < -0.4 is 10.5 Å². The fourth-order valence-electron chi connectivity index (χ4n) is 3.51. The van der Waals surface area contributed by atoms with Crippen molar-refractivity contribution in [2.75, 3.05) is 12.3 Å². The lowest BCUT2D eigenvalue weighted by Crippen LogP contribution is -2.05. The molecule has 8 heteroatoms. The standard InChI is InChI=1S/C22H19FN6O/c23-17-4-1-2-5-20(17)30-11-3-10-29-13-16-15-7-6-14(18-8-9-25-27-18)12-19(15)26-22(24)21(16)28-29/h1-2,4-9,12-13H,3,10-11H2,(H2,24,26)(H,25,27). The van der Waals surface area contributed by atoms with Gasteiger partial charge in [-0.15, -0.1) is 0 Å². The summed E-state index contributed by atoms with van der Waals surface area (Å²) in [6, 6.07) is 14.3. The predicted octanol–water partition coefficient (Wildman–Crippen LogP) is 4.17. The number of rotatable bonds is 6. The maximum atomic E-state index is 13.6. The molecule has 30 heavy (non-hydrogen) atoms. The molecule has 0 aliphatic carbocycles. The van der Waals surface area contributed by atoms with Crippen LogP contribution in [0.4, 0.5) is 10.2 Å². The second kappa shape index (κ2) is 7.47. The summed E-state index contributed by atoms with van der Waals surface area (Å²) in [5, 5.41) is 13.5. The largest absolute Gasteiger partial charge is 0.490 e. The second-order valence-electron chi connectivity index (χ2n) is 6.99. The molecule has 0 radical (unpaired) electrons. The molecule has 5 rings (SSSR count). The van der Waals surface area contributed by atoms with Gasteiger partial charge in [-0.05, 0) is 24.3 Å². The second-order valence-corrected chi connectivity index (χ2v) is 6.99. The SMILES string of the molecule is Nc1nc2cc(-c3ccn[nH]3)ccc2c2cn(CCCOc3ccccc3F)nc12. The Balaban J connectivity index is 1.37. The van der Waals surface area contributed by atoms with Crippen LogP contribution in [-0.2, 0) is 6.54 Å². The number of ether oxygens (including phenoxy) is 1. The minimum absolute atomic E-state index is 0.260. The number of nitrogens with one attached hydrogen (secondary N) is 1. The number of hydrogen-bond donors (Lipinski definition) is 2. The maximum absolute atomic E-state index is 13.6. The highest BCUT2D eigenvalue weighted by Crippen LogP contribution is 2.30. The van der Waals surface area contributed by atoms with E-state index in [1.807, 2.05) is 35.1 Å². The van der Waals surface area contributed by atoms with Gasteiger partial charge in [0.25, 0.3) is 0 Å². The van der Waals surface area contributed by atoms with Crippen molar-refractivity contribution in [2.45, 2.75) is 13.0 Å². The van der Waals surface area contributed by atoms with Crippen molar-refractivity contribution in [3.63, 3.8) is 0 Å². The molecule has 3 heterocycles. The molecule has 0 saturated carbocycles. The minimum Gasteiger partial charge on any atom is -0.490 e. The van der Waals surface area contributed by atoms with Crippen molar-refractivity contribution in [3.05, 3.63) is 66.7 Å². The quantitative estimate of drug-likeness (QED) is 0.416. The van der Waals surface area contributed by atoms with Crippen LogP contribution in [0.1, 0.15) is 6.42 Å². The topological polar surface area (TPSA) is 94.6 Å². The number of halogens is 1. The van der Waals surface area contributed by atoms with E-state index in [1.165, 1.54) is 6.07 Å². The number of fused-ring (bicyclic) bond motifs is 3. The number of para-hydroxylation sites is 1. The van der Waals surface area contributed by atoms with Crippen LogP contribution in [0.15, 0.2) is 60.9 Å². The number of nitrogen functional groups attached to an aromatic ring is 1. The zero-order valence-electron chi connectivity index (χ0n) is 16.0. The van der Waals surface area contributed by atoms with Gasteiger partial charge in [0, 0.05) is 41.7 Å². The van der Waals surface area contributed by atoms with Gasteiger partial charge in [-0.1, -0.05) is 24.3 Å². The average Bonchev–Trinajstić information content (AvgIpc) is 3.43. The first-order chi connectivity index (χ1) is 14.7. The molecule has 0 atom stereocenters. The molecular weight excluding hydrogens is 383 g/mol. The predicted molar refractivity (Wildman–Crippen MR) is 114 cm³/mol. The van der Waals surface area contributed by atoms with Gasteiger partial charge in [0.15, 0.2) is 17.4 Å². The third kappa shape index (κ3) is 3.32. The first-order valence-corrected chi connectivity index (χ1v) is 9.62. The number of aromatic amines is 1. The highest BCUT2D eigenvalue weighted by atomic mass is 19.1. The van der Waals surface area contributed by atoms with Gasteiger partial charge in [0.2, 0.25) is 0 Å². The number of nitrogens with two attached hydrogens (primary N) is 1. The van der Waals surface area contributed by atoms with Gasteiger partial charge >= 0.3 is 0 Å². The smallest absolute Gasteiger partial charge is 0.165 e. The van der Waals surface area contributed by atoms with Gasteiger partial charge in [-0.3, -0.25) is 9.78 Å². The minimum atomic E-state index is -0.359. The van der Waals surface area contributed by atoms with Crippen LogP contribution >= 0.6 is 0 Å². The lowest BCUT2D eigenvalue weighted by atomic mass is 10.1. The van der Waals surface area contributed by atoms with Gasteiger partial charge in [-0.25, -0.2) is 9.37 Å². The van der Waals surface area contributed by atoms with E-state index in [2.05, 4.69) is 20.3 Å². The third-order valence-electron chi connectivity index (χ3n) is 4.97. The first kappa shape index (κ1) is 18.1. The van der Waals surface area contributed by atoms with Crippen molar-refractivity contribution in [1.29, 1.82) is 0 Å². The third-order valence-corrected chi connectivity index (χ3v) is 4.97. The molecule has 7 nitrogen and oxygen atoms in total.